The van der Waals surface area contributed by atoms with E-state index in [1.54, 1.807) is 0 Å². The molecule has 0 nitrogen and oxygen atoms in total. The Hall–Kier alpha value is -0.280. The molecule has 0 bridgehead atoms. The van der Waals surface area contributed by atoms with E-state index in [9.17, 15) is 17.6 Å². The van der Waals surface area contributed by atoms with Gasteiger partial charge in [-0.05, 0) is 12.8 Å². The Morgan fingerprint density at radius 1 is 1.30 bits per heavy atom. The molecule has 0 N–H and O–H groups in total. The molecule has 10 heavy (non-hydrogen) atoms. The van der Waals surface area contributed by atoms with Crippen LogP contribution in [-0.4, -0.2) is 12.3 Å². The zero-order valence-electron chi connectivity index (χ0n) is 5.50. The highest BCUT2D eigenvalue weighted by atomic mass is 19.4. The third-order valence-electron chi connectivity index (χ3n) is 2.03. The summed E-state index contributed by atoms with van der Waals surface area (Å²) in [6.07, 6.45) is -6.20. The topological polar surface area (TPSA) is 0 Å². The van der Waals surface area contributed by atoms with Crippen LogP contribution in [0.5, 0.6) is 0 Å². The number of hydrogen-bond acceptors (Lipinski definition) is 0. The van der Waals surface area contributed by atoms with Crippen molar-refractivity contribution < 1.29 is 17.6 Å². The SMILES string of the molecule is CC1(C(F)(F)F)CC(F)C1. The van der Waals surface area contributed by atoms with E-state index in [2.05, 4.69) is 0 Å². The number of hydrogen-bond donors (Lipinski definition) is 0. The quantitative estimate of drug-likeness (QED) is 0.473. The molecule has 1 aliphatic rings. The van der Waals surface area contributed by atoms with Gasteiger partial charge in [0.05, 0.1) is 5.41 Å². The number of rotatable bonds is 0. The summed E-state index contributed by atoms with van der Waals surface area (Å²) in [6.45, 7) is 1.06. The molecular formula is C6H8F4. The van der Waals surface area contributed by atoms with E-state index in [1.807, 2.05) is 0 Å². The van der Waals surface area contributed by atoms with Crippen LogP contribution in [0.25, 0.3) is 0 Å². The summed E-state index contributed by atoms with van der Waals surface area (Å²) in [7, 11) is 0. The zero-order valence-corrected chi connectivity index (χ0v) is 5.50. The summed E-state index contributed by atoms with van der Waals surface area (Å²) in [5, 5.41) is 0. The van der Waals surface area contributed by atoms with Gasteiger partial charge in [-0.2, -0.15) is 13.2 Å². The van der Waals surface area contributed by atoms with Crippen molar-refractivity contribution in [2.75, 3.05) is 0 Å². The molecule has 0 aromatic rings. The zero-order chi connectivity index (χ0) is 7.99. The van der Waals surface area contributed by atoms with Crippen LogP contribution in [0.2, 0.25) is 0 Å². The number of halogens is 4. The predicted molar refractivity (Wildman–Crippen MR) is 28.3 cm³/mol. The Labute approximate surface area is 56.2 Å². The molecule has 1 fully saturated rings. The Bertz CT molecular complexity index is 131. The maximum Gasteiger partial charge on any atom is 0.394 e. The van der Waals surface area contributed by atoms with Crippen LogP contribution in [0.4, 0.5) is 17.6 Å². The first-order valence-corrected chi connectivity index (χ1v) is 3.06. The van der Waals surface area contributed by atoms with E-state index in [-0.39, 0.29) is 12.8 Å². The lowest BCUT2D eigenvalue weighted by molar-refractivity contribution is -0.256. The first kappa shape index (κ1) is 7.82. The van der Waals surface area contributed by atoms with E-state index in [0.29, 0.717) is 0 Å². The lowest BCUT2D eigenvalue weighted by atomic mass is 9.68. The minimum Gasteiger partial charge on any atom is -0.247 e. The van der Waals surface area contributed by atoms with Crippen molar-refractivity contribution in [3.63, 3.8) is 0 Å². The molecule has 1 aliphatic carbocycles. The largest absolute Gasteiger partial charge is 0.394 e. The van der Waals surface area contributed by atoms with Crippen LogP contribution in [0.15, 0.2) is 0 Å². The molecule has 0 amide bonds. The Morgan fingerprint density at radius 2 is 1.70 bits per heavy atom. The van der Waals surface area contributed by atoms with Crippen LogP contribution in [0.1, 0.15) is 19.8 Å². The van der Waals surface area contributed by atoms with Crippen LogP contribution in [0.3, 0.4) is 0 Å². The fourth-order valence-corrected chi connectivity index (χ4v) is 1.15. The summed E-state index contributed by atoms with van der Waals surface area (Å²) in [5.74, 6) is 0. The van der Waals surface area contributed by atoms with Gasteiger partial charge in [0.1, 0.15) is 6.17 Å². The van der Waals surface area contributed by atoms with Crippen molar-refractivity contribution in [1.82, 2.24) is 0 Å². The molecular weight excluding hydrogens is 148 g/mol. The van der Waals surface area contributed by atoms with Gasteiger partial charge >= 0.3 is 6.18 Å². The normalized spacial score (nSPS) is 41.1. The van der Waals surface area contributed by atoms with Crippen LogP contribution < -0.4 is 0 Å². The minimum absolute atomic E-state index is 0.365. The molecule has 0 aromatic carbocycles. The van der Waals surface area contributed by atoms with Gasteiger partial charge in [0.15, 0.2) is 0 Å². The van der Waals surface area contributed by atoms with Gasteiger partial charge in [0.25, 0.3) is 0 Å². The summed E-state index contributed by atoms with van der Waals surface area (Å²) >= 11 is 0. The van der Waals surface area contributed by atoms with Crippen molar-refractivity contribution in [3.05, 3.63) is 0 Å². The second kappa shape index (κ2) is 1.86. The second-order valence-electron chi connectivity index (χ2n) is 3.06. The van der Waals surface area contributed by atoms with E-state index >= 15 is 0 Å². The molecule has 4 heteroatoms. The lowest BCUT2D eigenvalue weighted by Crippen LogP contribution is -2.47. The fraction of sp³-hybridized carbons (Fsp3) is 1.00. The molecule has 1 rings (SSSR count). The molecule has 0 atom stereocenters. The van der Waals surface area contributed by atoms with E-state index in [0.717, 1.165) is 6.92 Å². The van der Waals surface area contributed by atoms with Crippen LogP contribution >= 0.6 is 0 Å². The van der Waals surface area contributed by atoms with Crippen LogP contribution in [0, 0.1) is 5.41 Å². The molecule has 0 spiro atoms. The van der Waals surface area contributed by atoms with Gasteiger partial charge in [-0.15, -0.1) is 0 Å². The van der Waals surface area contributed by atoms with Gasteiger partial charge in [-0.1, -0.05) is 6.92 Å². The smallest absolute Gasteiger partial charge is 0.247 e. The van der Waals surface area contributed by atoms with Crippen LogP contribution in [-0.2, 0) is 0 Å². The highest BCUT2D eigenvalue weighted by molar-refractivity contribution is 4.95. The Kier molecular flexibility index (Phi) is 1.45. The molecule has 60 valence electrons. The molecule has 1 saturated carbocycles. The first-order chi connectivity index (χ1) is 4.35. The van der Waals surface area contributed by atoms with Crippen molar-refractivity contribution in [1.29, 1.82) is 0 Å². The maximum absolute atomic E-state index is 12.0. The third kappa shape index (κ3) is 0.995. The molecule has 0 heterocycles. The summed E-state index contributed by atoms with van der Waals surface area (Å²) in [6, 6.07) is 0. The molecule has 0 saturated heterocycles. The highest BCUT2D eigenvalue weighted by Gasteiger charge is 2.58. The third-order valence-corrected chi connectivity index (χ3v) is 2.03. The fourth-order valence-electron chi connectivity index (χ4n) is 1.15. The van der Waals surface area contributed by atoms with Gasteiger partial charge in [0, 0.05) is 0 Å². The Morgan fingerprint density at radius 3 is 1.80 bits per heavy atom. The van der Waals surface area contributed by atoms with E-state index in [4.69, 9.17) is 0 Å². The van der Waals surface area contributed by atoms with Crippen molar-refractivity contribution >= 4 is 0 Å². The van der Waals surface area contributed by atoms with Crippen molar-refractivity contribution in [3.8, 4) is 0 Å². The maximum atomic E-state index is 12.0. The summed E-state index contributed by atoms with van der Waals surface area (Å²) < 4.78 is 47.7. The molecule has 0 aliphatic heterocycles. The number of alkyl halides is 4. The molecule has 0 aromatic heterocycles. The Balaban J connectivity index is 2.57. The lowest BCUT2D eigenvalue weighted by Gasteiger charge is -2.42. The monoisotopic (exact) mass is 156 g/mol. The van der Waals surface area contributed by atoms with Gasteiger partial charge in [-0.25, -0.2) is 4.39 Å². The van der Waals surface area contributed by atoms with Gasteiger partial charge < -0.3 is 0 Å². The minimum atomic E-state index is -4.23. The molecule has 0 radical (unpaired) electrons. The van der Waals surface area contributed by atoms with E-state index in [1.165, 1.54) is 0 Å². The summed E-state index contributed by atoms with van der Waals surface area (Å²) in [5.41, 5.74) is -1.74. The first-order valence-electron chi connectivity index (χ1n) is 3.06. The van der Waals surface area contributed by atoms with Gasteiger partial charge in [0.2, 0.25) is 0 Å². The van der Waals surface area contributed by atoms with Crippen molar-refractivity contribution in [2.24, 2.45) is 5.41 Å². The van der Waals surface area contributed by atoms with E-state index < -0.39 is 17.8 Å². The highest BCUT2D eigenvalue weighted by Crippen LogP contribution is 2.53. The average molecular weight is 156 g/mol. The summed E-state index contributed by atoms with van der Waals surface area (Å²) in [4.78, 5) is 0. The second-order valence-corrected chi connectivity index (χ2v) is 3.06. The predicted octanol–water partition coefficient (Wildman–Crippen LogP) is 2.69. The van der Waals surface area contributed by atoms with Gasteiger partial charge in [-0.3, -0.25) is 0 Å². The average Bonchev–Trinajstić information content (AvgIpc) is 1.58. The molecule has 0 unspecified atom stereocenters. The standard InChI is InChI=1S/C6H8F4/c1-5(6(8,9)10)2-4(7)3-5/h4H,2-3H2,1H3. The van der Waals surface area contributed by atoms with Crippen molar-refractivity contribution in [2.45, 2.75) is 32.1 Å².